The van der Waals surface area contributed by atoms with Crippen LogP contribution in [0.4, 0.5) is 10.1 Å². The highest BCUT2D eigenvalue weighted by Crippen LogP contribution is 2.24. The second-order valence-electron chi connectivity index (χ2n) is 8.61. The van der Waals surface area contributed by atoms with E-state index in [9.17, 15) is 17.6 Å². The van der Waals surface area contributed by atoms with E-state index in [1.165, 1.54) is 41.8 Å². The molecule has 32 heavy (non-hydrogen) atoms. The molecule has 1 amide bonds. The minimum absolute atomic E-state index is 0.137. The van der Waals surface area contributed by atoms with Gasteiger partial charge in [0.1, 0.15) is 5.82 Å². The van der Waals surface area contributed by atoms with Gasteiger partial charge in [0.25, 0.3) is 5.91 Å². The van der Waals surface area contributed by atoms with Crippen molar-refractivity contribution in [2.75, 3.05) is 37.6 Å². The van der Waals surface area contributed by atoms with Gasteiger partial charge in [0.05, 0.1) is 4.90 Å². The van der Waals surface area contributed by atoms with Gasteiger partial charge in [0, 0.05) is 44.0 Å². The summed E-state index contributed by atoms with van der Waals surface area (Å²) in [4.78, 5) is 14.8. The lowest BCUT2D eigenvalue weighted by Gasteiger charge is -2.35. The number of carbonyl (C=O) groups is 1. The number of piperazine rings is 1. The lowest BCUT2D eigenvalue weighted by Crippen LogP contribution is -2.48. The summed E-state index contributed by atoms with van der Waals surface area (Å²) in [5.41, 5.74) is 1.24. The molecule has 8 heteroatoms. The van der Waals surface area contributed by atoms with Crippen LogP contribution in [0.25, 0.3) is 0 Å². The number of amides is 1. The second-order valence-corrected chi connectivity index (χ2v) is 10.5. The molecule has 1 N–H and O–H groups in total. The fourth-order valence-electron chi connectivity index (χ4n) is 4.52. The standard InChI is InChI=1S/C24H30FN3O3S/c25-21-9-11-22(12-10-21)27-13-15-28(16-14-27)32(30,31)23-8-4-7-20(17-23)24(29)26-18-19-5-2-1-3-6-19/h4,7-12,17,19H,1-3,5-6,13-16,18H2,(H,26,29). The zero-order valence-corrected chi connectivity index (χ0v) is 19.0. The number of benzene rings is 2. The van der Waals surface area contributed by atoms with Gasteiger partial charge in [-0.25, -0.2) is 12.8 Å². The van der Waals surface area contributed by atoms with Crippen molar-refractivity contribution in [2.45, 2.75) is 37.0 Å². The topological polar surface area (TPSA) is 69.7 Å². The molecule has 2 aromatic rings. The van der Waals surface area contributed by atoms with Crippen molar-refractivity contribution in [3.8, 4) is 0 Å². The Kier molecular flexibility index (Phi) is 7.10. The summed E-state index contributed by atoms with van der Waals surface area (Å²) in [5, 5.41) is 2.97. The molecule has 0 aromatic heterocycles. The Morgan fingerprint density at radius 1 is 0.969 bits per heavy atom. The SMILES string of the molecule is O=C(NCC1CCCCC1)c1cccc(S(=O)(=O)N2CCN(c3ccc(F)cc3)CC2)c1. The van der Waals surface area contributed by atoms with E-state index in [1.807, 2.05) is 4.90 Å². The highest BCUT2D eigenvalue weighted by Gasteiger charge is 2.29. The van der Waals surface area contributed by atoms with Crippen molar-refractivity contribution in [2.24, 2.45) is 5.92 Å². The summed E-state index contributed by atoms with van der Waals surface area (Å²) >= 11 is 0. The van der Waals surface area contributed by atoms with Crippen molar-refractivity contribution in [3.05, 3.63) is 59.9 Å². The molecule has 0 unspecified atom stereocenters. The van der Waals surface area contributed by atoms with Crippen molar-refractivity contribution in [1.29, 1.82) is 0 Å². The first-order valence-electron chi connectivity index (χ1n) is 11.3. The highest BCUT2D eigenvalue weighted by atomic mass is 32.2. The van der Waals surface area contributed by atoms with E-state index in [0.717, 1.165) is 18.5 Å². The van der Waals surface area contributed by atoms with Crippen LogP contribution in [0.15, 0.2) is 53.4 Å². The number of rotatable bonds is 6. The Morgan fingerprint density at radius 3 is 2.34 bits per heavy atom. The normalized spacial score (nSPS) is 18.5. The molecule has 1 aliphatic heterocycles. The highest BCUT2D eigenvalue weighted by molar-refractivity contribution is 7.89. The third kappa shape index (κ3) is 5.30. The maximum absolute atomic E-state index is 13.2. The molecule has 172 valence electrons. The van der Waals surface area contributed by atoms with Crippen molar-refractivity contribution in [1.82, 2.24) is 9.62 Å². The van der Waals surface area contributed by atoms with E-state index >= 15 is 0 Å². The van der Waals surface area contributed by atoms with Gasteiger partial charge < -0.3 is 10.2 Å². The summed E-state index contributed by atoms with van der Waals surface area (Å²) < 4.78 is 41.0. The van der Waals surface area contributed by atoms with Gasteiger partial charge in [-0.15, -0.1) is 0 Å². The van der Waals surface area contributed by atoms with Crippen LogP contribution in [-0.4, -0.2) is 51.4 Å². The predicted molar refractivity (Wildman–Crippen MR) is 123 cm³/mol. The number of nitrogens with one attached hydrogen (secondary N) is 1. The van der Waals surface area contributed by atoms with Gasteiger partial charge >= 0.3 is 0 Å². The smallest absolute Gasteiger partial charge is 0.251 e. The van der Waals surface area contributed by atoms with E-state index in [2.05, 4.69) is 5.32 Å². The minimum Gasteiger partial charge on any atom is -0.369 e. The number of sulfonamides is 1. The lowest BCUT2D eigenvalue weighted by atomic mass is 9.89. The van der Waals surface area contributed by atoms with Gasteiger partial charge in [0.2, 0.25) is 10.0 Å². The Labute approximate surface area is 189 Å². The van der Waals surface area contributed by atoms with Crippen LogP contribution in [-0.2, 0) is 10.0 Å². The van der Waals surface area contributed by atoms with E-state index in [1.54, 1.807) is 30.3 Å². The molecule has 1 saturated heterocycles. The van der Waals surface area contributed by atoms with Crippen LogP contribution in [0, 0.1) is 11.7 Å². The first kappa shape index (κ1) is 22.7. The first-order chi connectivity index (χ1) is 15.4. The van der Waals surface area contributed by atoms with Crippen LogP contribution >= 0.6 is 0 Å². The van der Waals surface area contributed by atoms with Gasteiger partial charge in [-0.1, -0.05) is 25.3 Å². The Balaban J connectivity index is 1.38. The van der Waals surface area contributed by atoms with E-state index in [-0.39, 0.29) is 16.6 Å². The van der Waals surface area contributed by atoms with Crippen LogP contribution < -0.4 is 10.2 Å². The van der Waals surface area contributed by atoms with Crippen molar-refractivity contribution >= 4 is 21.6 Å². The van der Waals surface area contributed by atoms with E-state index < -0.39 is 10.0 Å². The number of nitrogens with zero attached hydrogens (tertiary/aromatic N) is 2. The molecule has 2 aliphatic rings. The molecule has 0 radical (unpaired) electrons. The summed E-state index contributed by atoms with van der Waals surface area (Å²) in [6, 6.07) is 12.5. The Morgan fingerprint density at radius 2 is 1.66 bits per heavy atom. The lowest BCUT2D eigenvalue weighted by molar-refractivity contribution is 0.0943. The minimum atomic E-state index is -3.70. The molecule has 1 saturated carbocycles. The van der Waals surface area contributed by atoms with Crippen molar-refractivity contribution < 1.29 is 17.6 Å². The number of carbonyl (C=O) groups excluding carboxylic acids is 1. The molecule has 6 nitrogen and oxygen atoms in total. The third-order valence-corrected chi connectivity index (χ3v) is 8.34. The number of hydrogen-bond acceptors (Lipinski definition) is 4. The summed E-state index contributed by atoms with van der Waals surface area (Å²) in [6.45, 7) is 2.34. The zero-order valence-electron chi connectivity index (χ0n) is 18.2. The molecule has 0 spiro atoms. The van der Waals surface area contributed by atoms with Gasteiger partial charge in [-0.2, -0.15) is 4.31 Å². The Bertz CT molecular complexity index is 1030. The van der Waals surface area contributed by atoms with Crippen LogP contribution in [0.1, 0.15) is 42.5 Å². The fraction of sp³-hybridized carbons (Fsp3) is 0.458. The molecule has 1 aliphatic carbocycles. The number of halogens is 1. The molecular formula is C24H30FN3O3S. The molecule has 4 rings (SSSR count). The first-order valence-corrected chi connectivity index (χ1v) is 12.8. The zero-order chi connectivity index (χ0) is 22.6. The molecular weight excluding hydrogens is 429 g/mol. The van der Waals surface area contributed by atoms with Crippen LogP contribution in [0.5, 0.6) is 0 Å². The van der Waals surface area contributed by atoms with Gasteiger partial charge in [0.15, 0.2) is 0 Å². The average molecular weight is 460 g/mol. The summed E-state index contributed by atoms with van der Waals surface area (Å²) in [6.07, 6.45) is 5.96. The fourth-order valence-corrected chi connectivity index (χ4v) is 5.98. The predicted octanol–water partition coefficient (Wildman–Crippen LogP) is 3.65. The van der Waals surface area contributed by atoms with Gasteiger partial charge in [-0.3, -0.25) is 4.79 Å². The van der Waals surface area contributed by atoms with Crippen LogP contribution in [0.2, 0.25) is 0 Å². The summed E-state index contributed by atoms with van der Waals surface area (Å²) in [5.74, 6) is -0.0107. The Hall–Kier alpha value is -2.45. The maximum atomic E-state index is 13.2. The second kappa shape index (κ2) is 10.0. The van der Waals surface area contributed by atoms with E-state index in [4.69, 9.17) is 0 Å². The molecule has 2 aromatic carbocycles. The molecule has 2 fully saturated rings. The average Bonchev–Trinajstić information content (AvgIpc) is 2.84. The molecule has 0 bridgehead atoms. The largest absolute Gasteiger partial charge is 0.369 e. The number of anilines is 1. The van der Waals surface area contributed by atoms with E-state index in [0.29, 0.717) is 44.2 Å². The molecule has 0 atom stereocenters. The third-order valence-electron chi connectivity index (χ3n) is 6.44. The maximum Gasteiger partial charge on any atom is 0.251 e. The summed E-state index contributed by atoms with van der Waals surface area (Å²) in [7, 11) is -3.70. The van der Waals surface area contributed by atoms with Crippen LogP contribution in [0.3, 0.4) is 0 Å². The monoisotopic (exact) mass is 459 g/mol. The quantitative estimate of drug-likeness (QED) is 0.716. The molecule has 1 heterocycles. The van der Waals surface area contributed by atoms with Crippen molar-refractivity contribution in [3.63, 3.8) is 0 Å². The number of hydrogen-bond donors (Lipinski definition) is 1. The van der Waals surface area contributed by atoms with Gasteiger partial charge in [-0.05, 0) is 61.2 Å².